The van der Waals surface area contributed by atoms with Gasteiger partial charge in [-0.25, -0.2) is 9.97 Å². The molecule has 8 rings (SSSR count). The quantitative estimate of drug-likeness (QED) is 0.430. The number of rotatable bonds is 1. The molecule has 0 unspecified atom stereocenters. The number of hydrogen-bond donors (Lipinski definition) is 3. The standard InChI is InChI=1S/C15H22N4O.C9H10ClN3.C6H13NO/c1-10-7-19(8-11(2)20-10)14-4-3-13-15(17-14)16-12-5-6-18(13)9-12;10-8-2-1-7-9(12-8)11-6-3-4-13(7)5-6;1-5-3-7-4-6(2)8-5/h3-4,10-12H,5-9H2,1-2H3,(H,16,17);1-2,6H,3-5H2,(H,11,12);5-7H,3-4H2,1-2H3/t10-,11+,12-;6-;5-,6+/m00./s1. The zero-order valence-electron chi connectivity index (χ0n) is 24.8. The van der Waals surface area contributed by atoms with Gasteiger partial charge in [-0.3, -0.25) is 0 Å². The Morgan fingerprint density at radius 2 is 1.22 bits per heavy atom. The molecule has 6 atom stereocenters. The van der Waals surface area contributed by atoms with Crippen LogP contribution in [0.3, 0.4) is 0 Å². The van der Waals surface area contributed by atoms with Crippen molar-refractivity contribution in [2.75, 3.05) is 77.7 Å². The van der Waals surface area contributed by atoms with Crippen molar-refractivity contribution in [3.05, 3.63) is 29.4 Å². The lowest BCUT2D eigenvalue weighted by atomic mass is 10.2. The average molecular weight is 585 g/mol. The van der Waals surface area contributed by atoms with Crippen LogP contribution in [0, 0.1) is 0 Å². The smallest absolute Gasteiger partial charge is 0.152 e. The van der Waals surface area contributed by atoms with Crippen LogP contribution in [0.1, 0.15) is 40.5 Å². The first-order valence-corrected chi connectivity index (χ1v) is 15.7. The lowest BCUT2D eigenvalue weighted by Gasteiger charge is -2.37. The molecule has 224 valence electrons. The summed E-state index contributed by atoms with van der Waals surface area (Å²) >= 11 is 5.82. The van der Waals surface area contributed by atoms with Crippen LogP contribution >= 0.6 is 11.6 Å². The minimum absolute atomic E-state index is 0.268. The van der Waals surface area contributed by atoms with Gasteiger partial charge in [0, 0.05) is 64.4 Å². The van der Waals surface area contributed by atoms with Gasteiger partial charge in [0.25, 0.3) is 0 Å². The number of hydrogen-bond acceptors (Lipinski definition) is 10. The van der Waals surface area contributed by atoms with E-state index in [2.05, 4.69) is 75.5 Å². The number of fused-ring (bicyclic) bond motifs is 8. The van der Waals surface area contributed by atoms with Crippen molar-refractivity contribution in [1.82, 2.24) is 15.3 Å². The lowest BCUT2D eigenvalue weighted by Crippen LogP contribution is -2.46. The number of morpholine rings is 2. The second kappa shape index (κ2) is 12.4. The Bertz CT molecular complexity index is 1190. The molecule has 6 aliphatic heterocycles. The van der Waals surface area contributed by atoms with Crippen molar-refractivity contribution >= 4 is 40.4 Å². The first-order chi connectivity index (χ1) is 19.8. The molecule has 2 aromatic rings. The fourth-order valence-electron chi connectivity index (χ4n) is 6.70. The van der Waals surface area contributed by atoms with E-state index in [0.717, 1.165) is 69.8 Å². The maximum atomic E-state index is 5.82. The lowest BCUT2D eigenvalue weighted by molar-refractivity contribution is -0.0166. The van der Waals surface area contributed by atoms with Crippen LogP contribution in [0.5, 0.6) is 0 Å². The molecule has 0 aliphatic carbocycles. The second-order valence-electron chi connectivity index (χ2n) is 12.3. The molecular weight excluding hydrogens is 540 g/mol. The summed E-state index contributed by atoms with van der Waals surface area (Å²) in [5.74, 6) is 3.07. The molecule has 4 saturated heterocycles. The highest BCUT2D eigenvalue weighted by atomic mass is 35.5. The predicted molar refractivity (Wildman–Crippen MR) is 167 cm³/mol. The van der Waals surface area contributed by atoms with Gasteiger partial charge in [0.15, 0.2) is 11.6 Å². The third kappa shape index (κ3) is 6.77. The van der Waals surface area contributed by atoms with Gasteiger partial charge in [-0.1, -0.05) is 11.6 Å². The van der Waals surface area contributed by atoms with Gasteiger partial charge in [-0.15, -0.1) is 0 Å². The summed E-state index contributed by atoms with van der Waals surface area (Å²) in [4.78, 5) is 16.3. The Balaban J connectivity index is 0.000000123. The van der Waals surface area contributed by atoms with Gasteiger partial charge in [0.1, 0.15) is 11.0 Å². The predicted octanol–water partition coefficient (Wildman–Crippen LogP) is 3.82. The van der Waals surface area contributed by atoms with Gasteiger partial charge in [-0.05, 0) is 64.8 Å². The van der Waals surface area contributed by atoms with E-state index < -0.39 is 0 Å². The van der Waals surface area contributed by atoms with Gasteiger partial charge in [-0.2, -0.15) is 0 Å². The largest absolute Gasteiger partial charge is 0.373 e. The van der Waals surface area contributed by atoms with Crippen molar-refractivity contribution in [1.29, 1.82) is 0 Å². The molecule has 10 nitrogen and oxygen atoms in total. The first-order valence-electron chi connectivity index (χ1n) is 15.3. The van der Waals surface area contributed by atoms with E-state index in [9.17, 15) is 0 Å². The van der Waals surface area contributed by atoms with Crippen molar-refractivity contribution in [2.24, 2.45) is 0 Å². The molecule has 3 N–H and O–H groups in total. The minimum atomic E-state index is 0.268. The molecule has 0 radical (unpaired) electrons. The van der Waals surface area contributed by atoms with Crippen LogP contribution in [0.2, 0.25) is 5.15 Å². The molecule has 6 aliphatic rings. The van der Waals surface area contributed by atoms with Gasteiger partial charge in [0.05, 0.1) is 35.8 Å². The number of nitrogens with zero attached hydrogens (tertiary/aromatic N) is 5. The van der Waals surface area contributed by atoms with Crippen molar-refractivity contribution in [2.45, 2.75) is 77.0 Å². The zero-order valence-corrected chi connectivity index (χ0v) is 25.5. The van der Waals surface area contributed by atoms with Crippen LogP contribution < -0.4 is 30.7 Å². The van der Waals surface area contributed by atoms with E-state index in [1.807, 2.05) is 12.1 Å². The van der Waals surface area contributed by atoms with Crippen molar-refractivity contribution in [3.8, 4) is 0 Å². The number of pyridine rings is 2. The average Bonchev–Trinajstić information content (AvgIpc) is 3.51. The van der Waals surface area contributed by atoms with Crippen LogP contribution in [-0.4, -0.2) is 98.8 Å². The molecule has 11 heteroatoms. The highest BCUT2D eigenvalue weighted by Crippen LogP contribution is 2.36. The molecular formula is C30H45ClN8O2. The highest BCUT2D eigenvalue weighted by molar-refractivity contribution is 6.29. The van der Waals surface area contributed by atoms with Gasteiger partial charge in [0.2, 0.25) is 0 Å². The number of nitrogens with one attached hydrogen (secondary N) is 3. The summed E-state index contributed by atoms with van der Waals surface area (Å²) < 4.78 is 11.2. The third-order valence-corrected chi connectivity index (χ3v) is 8.72. The molecule has 0 amide bonds. The van der Waals surface area contributed by atoms with Gasteiger partial charge >= 0.3 is 0 Å². The fourth-order valence-corrected chi connectivity index (χ4v) is 6.84. The van der Waals surface area contributed by atoms with E-state index in [-0.39, 0.29) is 12.2 Å². The van der Waals surface area contributed by atoms with Crippen LogP contribution in [0.4, 0.5) is 28.8 Å². The van der Waals surface area contributed by atoms with Crippen molar-refractivity contribution < 1.29 is 9.47 Å². The number of ether oxygens (including phenoxy) is 2. The summed E-state index contributed by atoms with van der Waals surface area (Å²) in [7, 11) is 0. The summed E-state index contributed by atoms with van der Waals surface area (Å²) in [6.07, 6.45) is 3.76. The van der Waals surface area contributed by atoms with Crippen LogP contribution in [0.25, 0.3) is 0 Å². The third-order valence-electron chi connectivity index (χ3n) is 8.51. The molecule has 0 spiro atoms. The van der Waals surface area contributed by atoms with E-state index in [1.54, 1.807) is 0 Å². The van der Waals surface area contributed by atoms with Gasteiger partial charge < -0.3 is 40.1 Å². The van der Waals surface area contributed by atoms with Crippen LogP contribution in [-0.2, 0) is 9.47 Å². The zero-order chi connectivity index (χ0) is 28.5. The first kappa shape index (κ1) is 28.6. The Morgan fingerprint density at radius 1 is 0.683 bits per heavy atom. The molecule has 2 aromatic heterocycles. The molecule has 41 heavy (non-hydrogen) atoms. The number of halogens is 1. The monoisotopic (exact) mass is 584 g/mol. The Hall–Kier alpha value is -2.53. The van der Waals surface area contributed by atoms with E-state index in [4.69, 9.17) is 26.1 Å². The van der Waals surface area contributed by atoms with E-state index >= 15 is 0 Å². The summed E-state index contributed by atoms with van der Waals surface area (Å²) in [6.45, 7) is 16.8. The van der Waals surface area contributed by atoms with Crippen molar-refractivity contribution in [3.63, 3.8) is 0 Å². The summed E-state index contributed by atoms with van der Waals surface area (Å²) in [5, 5.41) is 10.8. The minimum Gasteiger partial charge on any atom is -0.373 e. The Morgan fingerprint density at radius 3 is 1.78 bits per heavy atom. The Labute approximate surface area is 249 Å². The topological polar surface area (TPSA) is 90.1 Å². The SMILES string of the molecule is C[C@@H]1CN(c2ccc3c(n2)N[C@H]2CCN3C2)C[C@H](C)O1.C[C@@H]1CNC[C@H](C)O1.Clc1ccc2c(n1)N[C@H]1CCN2C1. The Kier molecular flexibility index (Phi) is 8.62. The summed E-state index contributed by atoms with van der Waals surface area (Å²) in [5.41, 5.74) is 2.45. The molecule has 4 fully saturated rings. The van der Waals surface area contributed by atoms with E-state index in [0.29, 0.717) is 29.4 Å². The molecule has 0 aromatic carbocycles. The molecule has 0 saturated carbocycles. The van der Waals surface area contributed by atoms with E-state index in [1.165, 1.54) is 24.2 Å². The summed E-state index contributed by atoms with van der Waals surface area (Å²) in [6, 6.07) is 9.41. The maximum absolute atomic E-state index is 5.82. The molecule has 4 bridgehead atoms. The number of aromatic nitrogens is 2. The highest BCUT2D eigenvalue weighted by Gasteiger charge is 2.32. The maximum Gasteiger partial charge on any atom is 0.152 e. The fraction of sp³-hybridized carbons (Fsp3) is 0.667. The van der Waals surface area contributed by atoms with Crippen LogP contribution in [0.15, 0.2) is 24.3 Å². The second-order valence-corrected chi connectivity index (χ2v) is 12.7. The molecule has 8 heterocycles. The normalized spacial score (nSPS) is 31.0. The number of anilines is 5.